The molecular weight excluding hydrogens is 258 g/mol. The minimum Gasteiger partial charge on any atom is -0.380 e. The lowest BCUT2D eigenvalue weighted by molar-refractivity contribution is -0.0885. The first kappa shape index (κ1) is 15.8. The second-order valence-corrected chi connectivity index (χ2v) is 8.17. The van der Waals surface area contributed by atoms with Crippen LogP contribution in [0.1, 0.15) is 71.6 Å². The van der Waals surface area contributed by atoms with Gasteiger partial charge in [-0.3, -0.25) is 0 Å². The Labute approximate surface area is 131 Å². The van der Waals surface area contributed by atoms with Crippen molar-refractivity contribution in [3.63, 3.8) is 0 Å². The van der Waals surface area contributed by atoms with E-state index in [0.29, 0.717) is 11.5 Å². The quantitative estimate of drug-likeness (QED) is 0.637. The summed E-state index contributed by atoms with van der Waals surface area (Å²) >= 11 is 0. The van der Waals surface area contributed by atoms with Gasteiger partial charge in [0.15, 0.2) is 0 Å². The van der Waals surface area contributed by atoms with Crippen LogP contribution in [0.15, 0.2) is 0 Å². The molecule has 1 N–H and O–H groups in total. The number of likely N-dealkylation sites (N-methyl/N-ethyl adjacent to an activating group) is 1. The molecule has 0 amide bonds. The first-order valence-corrected chi connectivity index (χ1v) is 9.57. The molecule has 4 bridgehead atoms. The molecule has 0 aromatic carbocycles. The molecule has 4 aliphatic rings. The minimum atomic E-state index is 0.579. The van der Waals surface area contributed by atoms with E-state index in [2.05, 4.69) is 19.2 Å². The fourth-order valence-corrected chi connectivity index (χ4v) is 5.96. The molecule has 0 spiro atoms. The maximum Gasteiger partial charge on any atom is 0.0625 e. The van der Waals surface area contributed by atoms with Gasteiger partial charge in [0.05, 0.1) is 6.61 Å². The Kier molecular flexibility index (Phi) is 5.27. The van der Waals surface area contributed by atoms with Gasteiger partial charge in [-0.2, -0.15) is 0 Å². The van der Waals surface area contributed by atoms with Crippen LogP contribution in [0.3, 0.4) is 0 Å². The molecule has 2 heteroatoms. The second-order valence-electron chi connectivity index (χ2n) is 8.17. The SMILES string of the molecule is CCCCCOCC(NCC)C12CC3CC(CC(C3)C1)C2. The van der Waals surface area contributed by atoms with Gasteiger partial charge < -0.3 is 10.1 Å². The summed E-state index contributed by atoms with van der Waals surface area (Å²) < 4.78 is 6.08. The molecular formula is C19H35NO. The number of hydrogen-bond acceptors (Lipinski definition) is 2. The average Bonchev–Trinajstić information content (AvgIpc) is 2.44. The fourth-order valence-electron chi connectivity index (χ4n) is 5.96. The van der Waals surface area contributed by atoms with Crippen LogP contribution in [-0.4, -0.2) is 25.8 Å². The normalized spacial score (nSPS) is 38.9. The molecule has 0 heterocycles. The van der Waals surface area contributed by atoms with Gasteiger partial charge in [0, 0.05) is 12.6 Å². The molecule has 0 radical (unpaired) electrons. The zero-order valence-electron chi connectivity index (χ0n) is 14.2. The van der Waals surface area contributed by atoms with E-state index in [-0.39, 0.29) is 0 Å². The lowest BCUT2D eigenvalue weighted by Crippen LogP contribution is -2.57. The predicted molar refractivity (Wildman–Crippen MR) is 88.4 cm³/mol. The Balaban J connectivity index is 1.57. The molecule has 4 rings (SSSR count). The maximum atomic E-state index is 6.08. The Hall–Kier alpha value is -0.0800. The van der Waals surface area contributed by atoms with Crippen LogP contribution in [0, 0.1) is 23.2 Å². The number of ether oxygens (including phenoxy) is 1. The van der Waals surface area contributed by atoms with Crippen molar-refractivity contribution in [2.24, 2.45) is 23.2 Å². The van der Waals surface area contributed by atoms with Crippen LogP contribution >= 0.6 is 0 Å². The van der Waals surface area contributed by atoms with Gasteiger partial charge >= 0.3 is 0 Å². The van der Waals surface area contributed by atoms with Crippen LogP contribution in [0.5, 0.6) is 0 Å². The highest BCUT2D eigenvalue weighted by Gasteiger charge is 2.53. The van der Waals surface area contributed by atoms with Crippen molar-refractivity contribution in [3.05, 3.63) is 0 Å². The molecule has 4 fully saturated rings. The van der Waals surface area contributed by atoms with Crippen molar-refractivity contribution in [1.82, 2.24) is 5.32 Å². The van der Waals surface area contributed by atoms with Crippen molar-refractivity contribution in [1.29, 1.82) is 0 Å². The van der Waals surface area contributed by atoms with E-state index >= 15 is 0 Å². The van der Waals surface area contributed by atoms with E-state index in [1.54, 1.807) is 0 Å². The highest BCUT2D eigenvalue weighted by Crippen LogP contribution is 2.61. The summed E-state index contributed by atoms with van der Waals surface area (Å²) in [5.74, 6) is 3.12. The summed E-state index contributed by atoms with van der Waals surface area (Å²) in [6, 6.07) is 0.609. The molecule has 21 heavy (non-hydrogen) atoms. The summed E-state index contributed by atoms with van der Waals surface area (Å²) in [6.07, 6.45) is 12.9. The summed E-state index contributed by atoms with van der Waals surface area (Å²) in [7, 11) is 0. The van der Waals surface area contributed by atoms with Gasteiger partial charge in [-0.15, -0.1) is 0 Å². The number of hydrogen-bond donors (Lipinski definition) is 1. The van der Waals surface area contributed by atoms with Gasteiger partial charge in [0.1, 0.15) is 0 Å². The van der Waals surface area contributed by atoms with Gasteiger partial charge in [-0.25, -0.2) is 0 Å². The highest BCUT2D eigenvalue weighted by atomic mass is 16.5. The largest absolute Gasteiger partial charge is 0.380 e. The summed E-state index contributed by atoms with van der Waals surface area (Å²) in [5.41, 5.74) is 0.579. The van der Waals surface area contributed by atoms with E-state index in [1.807, 2.05) is 0 Å². The van der Waals surface area contributed by atoms with E-state index < -0.39 is 0 Å². The molecule has 0 aromatic rings. The summed E-state index contributed by atoms with van der Waals surface area (Å²) in [6.45, 7) is 7.51. The van der Waals surface area contributed by atoms with Crippen molar-refractivity contribution in [2.45, 2.75) is 77.7 Å². The van der Waals surface area contributed by atoms with Crippen LogP contribution in [0.25, 0.3) is 0 Å². The predicted octanol–water partition coefficient (Wildman–Crippen LogP) is 4.39. The van der Waals surface area contributed by atoms with Crippen molar-refractivity contribution in [3.8, 4) is 0 Å². The van der Waals surface area contributed by atoms with Gasteiger partial charge in [-0.05, 0) is 74.7 Å². The Morgan fingerprint density at radius 2 is 1.62 bits per heavy atom. The minimum absolute atomic E-state index is 0.579. The first-order chi connectivity index (χ1) is 10.3. The standard InChI is InChI=1S/C19H35NO/c1-3-5-6-7-21-14-18(20-4-2)19-11-15-8-16(12-19)10-17(9-15)13-19/h15-18,20H,3-14H2,1-2H3. The van der Waals surface area contributed by atoms with Crippen molar-refractivity contribution in [2.75, 3.05) is 19.8 Å². The zero-order valence-corrected chi connectivity index (χ0v) is 14.2. The lowest BCUT2D eigenvalue weighted by atomic mass is 9.47. The molecule has 0 saturated heterocycles. The van der Waals surface area contributed by atoms with E-state index in [9.17, 15) is 0 Å². The smallest absolute Gasteiger partial charge is 0.0625 e. The van der Waals surface area contributed by atoms with Crippen molar-refractivity contribution >= 4 is 0 Å². The summed E-state index contributed by atoms with van der Waals surface area (Å²) in [4.78, 5) is 0. The van der Waals surface area contributed by atoms with Crippen molar-refractivity contribution < 1.29 is 4.74 Å². The molecule has 2 nitrogen and oxygen atoms in total. The third kappa shape index (κ3) is 3.47. The molecule has 0 aliphatic heterocycles. The van der Waals surface area contributed by atoms with E-state index in [4.69, 9.17) is 4.74 Å². The second kappa shape index (κ2) is 7.00. The third-order valence-corrected chi connectivity index (χ3v) is 6.45. The van der Waals surface area contributed by atoms with Crippen LogP contribution in [-0.2, 0) is 4.74 Å². The van der Waals surface area contributed by atoms with Crippen LogP contribution in [0.4, 0.5) is 0 Å². The molecule has 4 aliphatic carbocycles. The monoisotopic (exact) mass is 293 g/mol. The molecule has 122 valence electrons. The first-order valence-electron chi connectivity index (χ1n) is 9.57. The number of nitrogens with one attached hydrogen (secondary N) is 1. The van der Waals surface area contributed by atoms with E-state index in [0.717, 1.165) is 37.5 Å². The number of unbranched alkanes of at least 4 members (excludes halogenated alkanes) is 2. The third-order valence-electron chi connectivity index (χ3n) is 6.45. The summed E-state index contributed by atoms with van der Waals surface area (Å²) in [5, 5.41) is 3.81. The molecule has 1 atom stereocenters. The van der Waals surface area contributed by atoms with Crippen LogP contribution < -0.4 is 5.32 Å². The Morgan fingerprint density at radius 3 is 2.14 bits per heavy atom. The lowest BCUT2D eigenvalue weighted by Gasteiger charge is -2.59. The Bertz CT molecular complexity index is 292. The number of rotatable bonds is 9. The molecule has 4 saturated carbocycles. The molecule has 1 unspecified atom stereocenters. The fraction of sp³-hybridized carbons (Fsp3) is 1.00. The van der Waals surface area contributed by atoms with Crippen LogP contribution in [0.2, 0.25) is 0 Å². The molecule has 0 aromatic heterocycles. The highest BCUT2D eigenvalue weighted by molar-refractivity contribution is 5.06. The zero-order chi connectivity index (χ0) is 14.7. The van der Waals surface area contributed by atoms with Gasteiger partial charge in [0.25, 0.3) is 0 Å². The topological polar surface area (TPSA) is 21.3 Å². The van der Waals surface area contributed by atoms with Gasteiger partial charge in [0.2, 0.25) is 0 Å². The average molecular weight is 293 g/mol. The Morgan fingerprint density at radius 1 is 1.00 bits per heavy atom. The van der Waals surface area contributed by atoms with E-state index in [1.165, 1.54) is 57.8 Å². The maximum absolute atomic E-state index is 6.08. The van der Waals surface area contributed by atoms with Gasteiger partial charge in [-0.1, -0.05) is 26.7 Å².